The van der Waals surface area contributed by atoms with E-state index in [-0.39, 0.29) is 5.91 Å². The summed E-state index contributed by atoms with van der Waals surface area (Å²) in [5.41, 5.74) is 2.68. The van der Waals surface area contributed by atoms with Crippen LogP contribution in [0.25, 0.3) is 0 Å². The molecule has 3 nitrogen and oxygen atoms in total. The van der Waals surface area contributed by atoms with E-state index in [2.05, 4.69) is 10.6 Å². The van der Waals surface area contributed by atoms with Gasteiger partial charge in [-0.2, -0.15) is 0 Å². The Hall–Kier alpha value is -1.71. The lowest BCUT2D eigenvalue weighted by atomic mass is 10.2. The van der Waals surface area contributed by atoms with Crippen molar-refractivity contribution in [2.24, 2.45) is 0 Å². The summed E-state index contributed by atoms with van der Waals surface area (Å²) < 4.78 is 0. The third-order valence-corrected chi connectivity index (χ3v) is 3.50. The lowest BCUT2D eigenvalue weighted by Gasteiger charge is -2.09. The van der Waals surface area contributed by atoms with Gasteiger partial charge in [-0.3, -0.25) is 4.79 Å². The average Bonchev–Trinajstić information content (AvgIpc) is 2.45. The summed E-state index contributed by atoms with van der Waals surface area (Å²) in [6.45, 7) is 2.49. The van der Waals surface area contributed by atoms with Gasteiger partial charge in [-0.1, -0.05) is 40.9 Å². The van der Waals surface area contributed by atoms with Gasteiger partial charge in [0.15, 0.2) is 0 Å². The first kappa shape index (κ1) is 15.7. The first-order chi connectivity index (χ1) is 10.0. The van der Waals surface area contributed by atoms with Gasteiger partial charge in [0.1, 0.15) is 0 Å². The Morgan fingerprint density at radius 1 is 1.10 bits per heavy atom. The second-order valence-electron chi connectivity index (χ2n) is 4.72. The third kappa shape index (κ3) is 4.96. The van der Waals surface area contributed by atoms with Gasteiger partial charge in [0.2, 0.25) is 5.91 Å². The molecule has 0 fully saturated rings. The molecule has 21 heavy (non-hydrogen) atoms. The smallest absolute Gasteiger partial charge is 0.226 e. The van der Waals surface area contributed by atoms with Crippen LogP contribution in [0.1, 0.15) is 12.0 Å². The maximum Gasteiger partial charge on any atom is 0.226 e. The van der Waals surface area contributed by atoms with Crippen LogP contribution < -0.4 is 10.6 Å². The first-order valence-corrected chi connectivity index (χ1v) is 7.35. The quantitative estimate of drug-likeness (QED) is 0.834. The second-order valence-corrected chi connectivity index (χ2v) is 5.56. The highest BCUT2D eigenvalue weighted by Gasteiger charge is 2.04. The molecular weight excluding hydrogens is 307 g/mol. The predicted octanol–water partition coefficient (Wildman–Crippen LogP) is 4.74. The number of halogens is 2. The fraction of sp³-hybridized carbons (Fsp3) is 0.188. The van der Waals surface area contributed by atoms with Crippen molar-refractivity contribution in [2.45, 2.75) is 13.3 Å². The molecule has 0 unspecified atom stereocenters. The summed E-state index contributed by atoms with van der Waals surface area (Å²) >= 11 is 11.9. The predicted molar refractivity (Wildman–Crippen MR) is 89.4 cm³/mol. The fourth-order valence-electron chi connectivity index (χ4n) is 1.80. The Labute approximate surface area is 134 Å². The summed E-state index contributed by atoms with van der Waals surface area (Å²) in [7, 11) is 0. The molecule has 2 aromatic rings. The van der Waals surface area contributed by atoms with Crippen LogP contribution in [-0.2, 0) is 4.79 Å². The molecule has 5 heteroatoms. The van der Waals surface area contributed by atoms with Crippen LogP contribution in [0.4, 0.5) is 11.4 Å². The molecule has 0 heterocycles. The van der Waals surface area contributed by atoms with E-state index in [1.807, 2.05) is 31.2 Å². The number of benzene rings is 2. The maximum atomic E-state index is 11.8. The van der Waals surface area contributed by atoms with Crippen molar-refractivity contribution in [3.63, 3.8) is 0 Å². The number of carbonyl (C=O) groups excluding carboxylic acids is 1. The molecule has 1 amide bonds. The van der Waals surface area contributed by atoms with E-state index in [9.17, 15) is 4.79 Å². The van der Waals surface area contributed by atoms with Gasteiger partial charge >= 0.3 is 0 Å². The maximum absolute atomic E-state index is 11.8. The van der Waals surface area contributed by atoms with Crippen molar-refractivity contribution in [1.82, 2.24) is 0 Å². The summed E-state index contributed by atoms with van der Waals surface area (Å²) in [6, 6.07) is 12.9. The van der Waals surface area contributed by atoms with E-state index in [0.29, 0.717) is 23.0 Å². The number of hydrogen-bond donors (Lipinski definition) is 2. The molecule has 2 N–H and O–H groups in total. The molecule has 2 aromatic carbocycles. The van der Waals surface area contributed by atoms with Crippen molar-refractivity contribution in [1.29, 1.82) is 0 Å². The number of rotatable bonds is 5. The molecule has 0 saturated carbocycles. The average molecular weight is 323 g/mol. The fourth-order valence-corrected chi connectivity index (χ4v) is 2.16. The van der Waals surface area contributed by atoms with Crippen LogP contribution in [0, 0.1) is 6.92 Å². The molecule has 0 aliphatic carbocycles. The highest BCUT2D eigenvalue weighted by atomic mass is 35.5. The minimum Gasteiger partial charge on any atom is -0.383 e. The molecule has 0 aliphatic rings. The monoisotopic (exact) mass is 322 g/mol. The van der Waals surface area contributed by atoms with Crippen LogP contribution in [0.5, 0.6) is 0 Å². The van der Waals surface area contributed by atoms with Crippen LogP contribution in [0.2, 0.25) is 10.0 Å². The summed E-state index contributed by atoms with van der Waals surface area (Å²) in [6.07, 6.45) is 0.344. The number of amides is 1. The summed E-state index contributed by atoms with van der Waals surface area (Å²) in [5, 5.41) is 7.13. The van der Waals surface area contributed by atoms with Gasteiger partial charge in [-0.15, -0.1) is 0 Å². The summed E-state index contributed by atoms with van der Waals surface area (Å²) in [4.78, 5) is 11.8. The summed E-state index contributed by atoms with van der Waals surface area (Å²) in [5.74, 6) is -0.0514. The standard InChI is InChI=1S/C16H16Cl2N2O/c1-11-2-5-13(6-3-11)20-16(21)8-9-19-15-10-12(17)4-7-14(15)18/h2-7,10,19H,8-9H2,1H3,(H,20,21). The Morgan fingerprint density at radius 2 is 1.81 bits per heavy atom. The molecule has 0 atom stereocenters. The molecular formula is C16H16Cl2N2O. The lowest BCUT2D eigenvalue weighted by molar-refractivity contribution is -0.115. The zero-order chi connectivity index (χ0) is 15.2. The number of nitrogens with one attached hydrogen (secondary N) is 2. The van der Waals surface area contributed by atoms with Gasteiger partial charge in [0.05, 0.1) is 10.7 Å². The molecule has 0 bridgehead atoms. The molecule has 0 aromatic heterocycles. The number of anilines is 2. The van der Waals surface area contributed by atoms with Crippen LogP contribution in [0.15, 0.2) is 42.5 Å². The molecule has 0 spiro atoms. The number of hydrogen-bond acceptors (Lipinski definition) is 2. The molecule has 2 rings (SSSR count). The largest absolute Gasteiger partial charge is 0.383 e. The van der Waals surface area contributed by atoms with Gasteiger partial charge < -0.3 is 10.6 Å². The van der Waals surface area contributed by atoms with Gasteiger partial charge in [0.25, 0.3) is 0 Å². The minimum atomic E-state index is -0.0514. The highest BCUT2D eigenvalue weighted by molar-refractivity contribution is 6.35. The van der Waals surface area contributed by atoms with E-state index in [4.69, 9.17) is 23.2 Å². The Bertz CT molecular complexity index is 627. The zero-order valence-corrected chi connectivity index (χ0v) is 13.1. The van der Waals surface area contributed by atoms with Gasteiger partial charge in [-0.05, 0) is 37.3 Å². The lowest BCUT2D eigenvalue weighted by Crippen LogP contribution is -2.16. The van der Waals surface area contributed by atoms with Gasteiger partial charge in [-0.25, -0.2) is 0 Å². The zero-order valence-electron chi connectivity index (χ0n) is 11.6. The van der Waals surface area contributed by atoms with E-state index in [1.54, 1.807) is 18.2 Å². The van der Waals surface area contributed by atoms with Crippen molar-refractivity contribution >= 4 is 40.5 Å². The van der Waals surface area contributed by atoms with E-state index >= 15 is 0 Å². The van der Waals surface area contributed by atoms with Crippen molar-refractivity contribution in [2.75, 3.05) is 17.2 Å². The van der Waals surface area contributed by atoms with Gasteiger partial charge in [0, 0.05) is 23.7 Å². The molecule has 0 radical (unpaired) electrons. The Morgan fingerprint density at radius 3 is 2.52 bits per heavy atom. The normalized spacial score (nSPS) is 10.2. The van der Waals surface area contributed by atoms with E-state index in [1.165, 1.54) is 0 Å². The second kappa shape index (κ2) is 7.34. The number of carbonyl (C=O) groups is 1. The van der Waals surface area contributed by atoms with Crippen molar-refractivity contribution in [3.05, 3.63) is 58.1 Å². The number of aryl methyl sites for hydroxylation is 1. The van der Waals surface area contributed by atoms with E-state index < -0.39 is 0 Å². The van der Waals surface area contributed by atoms with Crippen LogP contribution in [-0.4, -0.2) is 12.5 Å². The van der Waals surface area contributed by atoms with Crippen molar-refractivity contribution < 1.29 is 4.79 Å². The highest BCUT2D eigenvalue weighted by Crippen LogP contribution is 2.25. The SMILES string of the molecule is Cc1ccc(NC(=O)CCNc2cc(Cl)ccc2Cl)cc1. The Balaban J connectivity index is 1.81. The molecule has 0 aliphatic heterocycles. The Kier molecular flexibility index (Phi) is 5.48. The van der Waals surface area contributed by atoms with Crippen LogP contribution in [0.3, 0.4) is 0 Å². The topological polar surface area (TPSA) is 41.1 Å². The first-order valence-electron chi connectivity index (χ1n) is 6.60. The molecule has 0 saturated heterocycles. The van der Waals surface area contributed by atoms with E-state index in [0.717, 1.165) is 16.9 Å². The van der Waals surface area contributed by atoms with Crippen molar-refractivity contribution in [3.8, 4) is 0 Å². The van der Waals surface area contributed by atoms with Crippen LogP contribution >= 0.6 is 23.2 Å². The third-order valence-electron chi connectivity index (χ3n) is 2.93. The molecule has 110 valence electrons. The minimum absolute atomic E-state index is 0.0514.